The highest BCUT2D eigenvalue weighted by atomic mass is 16.5. The van der Waals surface area contributed by atoms with E-state index in [0.717, 1.165) is 28.3 Å². The SMILES string of the molecule is Cc1oc(-c2ccccc2)nc1CCOc1ccc(C[C@@H]2CN(c3ccnc(=O)[nH]3)C[C@@H]2C(=O)O)cc1. The van der Waals surface area contributed by atoms with Gasteiger partial charge in [-0.05, 0) is 55.2 Å². The third kappa shape index (κ3) is 5.72. The van der Waals surface area contributed by atoms with E-state index in [9.17, 15) is 14.7 Å². The Morgan fingerprint density at radius 3 is 2.65 bits per heavy atom. The molecule has 4 aromatic rings. The number of aromatic amines is 1. The average molecular weight is 501 g/mol. The number of aryl methyl sites for hydroxylation is 1. The summed E-state index contributed by atoms with van der Waals surface area (Å²) in [4.78, 5) is 36.3. The average Bonchev–Trinajstić information content (AvgIpc) is 3.49. The van der Waals surface area contributed by atoms with E-state index in [1.807, 2.05) is 66.4 Å². The summed E-state index contributed by atoms with van der Waals surface area (Å²) in [6, 6.07) is 19.2. The number of nitrogens with one attached hydrogen (secondary N) is 1. The molecule has 5 rings (SSSR count). The van der Waals surface area contributed by atoms with Crippen LogP contribution in [-0.4, -0.2) is 45.7 Å². The van der Waals surface area contributed by atoms with Gasteiger partial charge in [0.05, 0.1) is 18.2 Å². The zero-order chi connectivity index (χ0) is 25.8. The number of carboxylic acids is 1. The molecule has 2 N–H and O–H groups in total. The molecule has 1 aliphatic rings. The Morgan fingerprint density at radius 1 is 1.14 bits per heavy atom. The highest BCUT2D eigenvalue weighted by molar-refractivity contribution is 5.72. The van der Waals surface area contributed by atoms with Crippen LogP contribution in [0.2, 0.25) is 0 Å². The van der Waals surface area contributed by atoms with Gasteiger partial charge < -0.3 is 19.2 Å². The van der Waals surface area contributed by atoms with Crippen LogP contribution in [0, 0.1) is 18.8 Å². The van der Waals surface area contributed by atoms with Gasteiger partial charge in [0.15, 0.2) is 0 Å². The second-order valence-corrected chi connectivity index (χ2v) is 9.20. The van der Waals surface area contributed by atoms with Gasteiger partial charge >= 0.3 is 11.7 Å². The molecular weight excluding hydrogens is 472 g/mol. The number of nitrogens with zero attached hydrogens (tertiary/aromatic N) is 3. The largest absolute Gasteiger partial charge is 0.493 e. The lowest BCUT2D eigenvalue weighted by Crippen LogP contribution is -2.25. The van der Waals surface area contributed by atoms with Crippen molar-refractivity contribution in [3.05, 3.63) is 94.4 Å². The van der Waals surface area contributed by atoms with Crippen molar-refractivity contribution in [1.29, 1.82) is 0 Å². The molecule has 3 heterocycles. The molecule has 1 aliphatic heterocycles. The number of benzene rings is 2. The zero-order valence-electron chi connectivity index (χ0n) is 20.5. The van der Waals surface area contributed by atoms with Crippen molar-refractivity contribution in [3.63, 3.8) is 0 Å². The maximum atomic E-state index is 11.9. The minimum Gasteiger partial charge on any atom is -0.493 e. The Bertz CT molecular complexity index is 1410. The quantitative estimate of drug-likeness (QED) is 0.357. The van der Waals surface area contributed by atoms with Crippen LogP contribution >= 0.6 is 0 Å². The monoisotopic (exact) mass is 500 g/mol. The van der Waals surface area contributed by atoms with Gasteiger partial charge in [-0.3, -0.25) is 9.78 Å². The van der Waals surface area contributed by atoms with Gasteiger partial charge in [0.1, 0.15) is 17.3 Å². The number of anilines is 1. The number of hydrogen-bond acceptors (Lipinski definition) is 7. The van der Waals surface area contributed by atoms with Crippen molar-refractivity contribution in [2.24, 2.45) is 11.8 Å². The first-order valence-corrected chi connectivity index (χ1v) is 12.2. The molecule has 1 fully saturated rings. The van der Waals surface area contributed by atoms with E-state index in [-0.39, 0.29) is 5.92 Å². The number of H-pyrrole nitrogens is 1. The van der Waals surface area contributed by atoms with Crippen LogP contribution in [0.25, 0.3) is 11.5 Å². The molecule has 0 saturated carbocycles. The highest BCUT2D eigenvalue weighted by Gasteiger charge is 2.38. The summed E-state index contributed by atoms with van der Waals surface area (Å²) in [6.45, 7) is 3.25. The van der Waals surface area contributed by atoms with Crippen LogP contribution in [0.15, 0.2) is 76.1 Å². The second-order valence-electron chi connectivity index (χ2n) is 9.20. The van der Waals surface area contributed by atoms with Crippen molar-refractivity contribution in [1.82, 2.24) is 15.0 Å². The molecule has 0 unspecified atom stereocenters. The number of aliphatic carboxylic acids is 1. The lowest BCUT2D eigenvalue weighted by Gasteiger charge is -2.17. The number of rotatable bonds is 9. The number of carboxylic acid groups (broad SMARTS) is 1. The first-order chi connectivity index (χ1) is 18.0. The molecule has 2 aromatic heterocycles. The maximum absolute atomic E-state index is 11.9. The van der Waals surface area contributed by atoms with Gasteiger partial charge in [-0.1, -0.05) is 30.3 Å². The van der Waals surface area contributed by atoms with Gasteiger partial charge in [-0.25, -0.2) is 14.8 Å². The second kappa shape index (κ2) is 10.7. The van der Waals surface area contributed by atoms with E-state index in [0.29, 0.717) is 44.2 Å². The van der Waals surface area contributed by atoms with Gasteiger partial charge in [-0.15, -0.1) is 0 Å². The van der Waals surface area contributed by atoms with E-state index >= 15 is 0 Å². The predicted molar refractivity (Wildman–Crippen MR) is 138 cm³/mol. The molecule has 0 radical (unpaired) electrons. The van der Waals surface area contributed by atoms with Gasteiger partial charge in [0.25, 0.3) is 0 Å². The number of oxazole rings is 1. The molecule has 0 amide bonds. The van der Waals surface area contributed by atoms with Gasteiger partial charge in [-0.2, -0.15) is 0 Å². The summed E-state index contributed by atoms with van der Waals surface area (Å²) in [5.74, 6) is 1.28. The lowest BCUT2D eigenvalue weighted by atomic mass is 9.90. The van der Waals surface area contributed by atoms with Crippen LogP contribution in [0.1, 0.15) is 17.0 Å². The number of aromatic nitrogens is 3. The molecule has 9 heteroatoms. The van der Waals surface area contributed by atoms with Crippen molar-refractivity contribution >= 4 is 11.8 Å². The number of hydrogen-bond donors (Lipinski definition) is 2. The third-order valence-electron chi connectivity index (χ3n) is 6.70. The predicted octanol–water partition coefficient (Wildman–Crippen LogP) is 3.73. The number of ether oxygens (including phenoxy) is 1. The first-order valence-electron chi connectivity index (χ1n) is 12.2. The summed E-state index contributed by atoms with van der Waals surface area (Å²) >= 11 is 0. The molecule has 1 saturated heterocycles. The fourth-order valence-corrected chi connectivity index (χ4v) is 4.75. The van der Waals surface area contributed by atoms with Crippen molar-refractivity contribution in [3.8, 4) is 17.2 Å². The van der Waals surface area contributed by atoms with Crippen molar-refractivity contribution < 1.29 is 19.1 Å². The van der Waals surface area contributed by atoms with E-state index in [1.54, 1.807) is 6.07 Å². The minimum atomic E-state index is -0.831. The maximum Gasteiger partial charge on any atom is 0.346 e. The number of carbonyl (C=O) groups is 1. The Hall–Kier alpha value is -4.40. The normalized spacial score (nSPS) is 17.2. The van der Waals surface area contributed by atoms with Crippen molar-refractivity contribution in [2.45, 2.75) is 19.8 Å². The zero-order valence-corrected chi connectivity index (χ0v) is 20.5. The Kier molecular flexibility index (Phi) is 7.02. The van der Waals surface area contributed by atoms with Gasteiger partial charge in [0.2, 0.25) is 5.89 Å². The lowest BCUT2D eigenvalue weighted by molar-refractivity contribution is -0.142. The third-order valence-corrected chi connectivity index (χ3v) is 6.70. The summed E-state index contributed by atoms with van der Waals surface area (Å²) in [7, 11) is 0. The molecule has 0 aliphatic carbocycles. The Balaban J connectivity index is 1.17. The van der Waals surface area contributed by atoms with E-state index < -0.39 is 17.6 Å². The smallest absolute Gasteiger partial charge is 0.346 e. The van der Waals surface area contributed by atoms with Gasteiger partial charge in [0, 0.05) is 31.3 Å². The molecule has 2 atom stereocenters. The molecule has 9 nitrogen and oxygen atoms in total. The van der Waals surface area contributed by atoms with Crippen LogP contribution in [0.4, 0.5) is 5.82 Å². The van der Waals surface area contributed by atoms with Crippen LogP contribution in [0.5, 0.6) is 5.75 Å². The molecule has 37 heavy (non-hydrogen) atoms. The topological polar surface area (TPSA) is 122 Å². The van der Waals surface area contributed by atoms with Crippen molar-refractivity contribution in [2.75, 3.05) is 24.6 Å². The summed E-state index contributed by atoms with van der Waals surface area (Å²) < 4.78 is 11.7. The summed E-state index contributed by atoms with van der Waals surface area (Å²) in [5.41, 5.74) is 2.40. The van der Waals surface area contributed by atoms with E-state index in [1.165, 1.54) is 6.20 Å². The fourth-order valence-electron chi connectivity index (χ4n) is 4.75. The fraction of sp³-hybridized carbons (Fsp3) is 0.286. The standard InChI is InChI=1S/C28H28N4O5/c1-18-24(30-26(37-18)20-5-3-2-4-6-20)12-14-36-22-9-7-19(8-10-22)15-21-16-32(17-23(21)27(33)34)25-11-13-29-28(35)31-25/h2-11,13,21,23H,12,14-17H2,1H3,(H,33,34)(H,29,31,35)/t21-,23+/m1/s1. The molecule has 0 bridgehead atoms. The Labute approximate surface area is 213 Å². The van der Waals surface area contributed by atoms with Crippen LogP contribution < -0.4 is 15.3 Å². The molecule has 2 aromatic carbocycles. The molecule has 0 spiro atoms. The molecular formula is C28H28N4O5. The molecule has 190 valence electrons. The summed E-state index contributed by atoms with van der Waals surface area (Å²) in [5, 5.41) is 9.76. The minimum absolute atomic E-state index is 0.0881. The first kappa shape index (κ1) is 24.3. The van der Waals surface area contributed by atoms with Crippen LogP contribution in [-0.2, 0) is 17.6 Å². The van der Waals surface area contributed by atoms with E-state index in [2.05, 4.69) is 15.0 Å². The highest BCUT2D eigenvalue weighted by Crippen LogP contribution is 2.30. The Morgan fingerprint density at radius 2 is 1.92 bits per heavy atom. The summed E-state index contributed by atoms with van der Waals surface area (Å²) in [6.07, 6.45) is 2.67. The van der Waals surface area contributed by atoms with Crippen LogP contribution in [0.3, 0.4) is 0 Å². The van der Waals surface area contributed by atoms with E-state index in [4.69, 9.17) is 9.15 Å².